The molecular weight excluding hydrogens is 478 g/mol. The third kappa shape index (κ3) is 5.68. The lowest BCUT2D eigenvalue weighted by Crippen LogP contribution is -2.61. The van der Waals surface area contributed by atoms with Gasteiger partial charge in [0, 0.05) is 15.4 Å². The van der Waals surface area contributed by atoms with E-state index in [2.05, 4.69) is 10.0 Å². The number of azide groups is 1. The number of fused-ring (bicyclic) bond motifs is 1. The van der Waals surface area contributed by atoms with Gasteiger partial charge in [0.15, 0.2) is 6.29 Å². The molecule has 0 bridgehead atoms. The average Bonchev–Trinajstić information content (AvgIpc) is 2.94. The molecule has 2 saturated heterocycles. The Morgan fingerprint density at radius 1 is 0.972 bits per heavy atom. The summed E-state index contributed by atoms with van der Waals surface area (Å²) < 4.78 is 30.6. The van der Waals surface area contributed by atoms with Crippen LogP contribution in [0.5, 0.6) is 5.75 Å². The smallest absolute Gasteiger partial charge is 0.184 e. The number of rotatable bonds is 8. The molecule has 8 nitrogen and oxygen atoms in total. The van der Waals surface area contributed by atoms with E-state index in [1.807, 2.05) is 84.9 Å². The zero-order chi connectivity index (χ0) is 24.7. The van der Waals surface area contributed by atoms with Crippen molar-refractivity contribution in [3.8, 4) is 5.75 Å². The fraction of sp³-hybridized carbons (Fsp3) is 0.333. The van der Waals surface area contributed by atoms with Gasteiger partial charge >= 0.3 is 0 Å². The molecule has 2 aliphatic rings. The Morgan fingerprint density at radius 3 is 2.39 bits per heavy atom. The van der Waals surface area contributed by atoms with Gasteiger partial charge in [-0.1, -0.05) is 77.5 Å². The summed E-state index contributed by atoms with van der Waals surface area (Å²) in [4.78, 5) is 4.10. The monoisotopic (exact) mass is 505 g/mol. The molecule has 2 fully saturated rings. The highest BCUT2D eigenvalue weighted by molar-refractivity contribution is 7.99. The second-order valence-electron chi connectivity index (χ2n) is 8.47. The first-order valence-electron chi connectivity index (χ1n) is 11.7. The molecule has 0 radical (unpaired) electrons. The molecule has 0 N–H and O–H groups in total. The maximum absolute atomic E-state index is 9.46. The molecule has 36 heavy (non-hydrogen) atoms. The van der Waals surface area contributed by atoms with E-state index < -0.39 is 30.0 Å². The highest BCUT2D eigenvalue weighted by Gasteiger charge is 2.50. The van der Waals surface area contributed by atoms with Crippen LogP contribution >= 0.6 is 11.8 Å². The fourth-order valence-corrected chi connectivity index (χ4v) is 5.47. The van der Waals surface area contributed by atoms with Crippen molar-refractivity contribution >= 4 is 11.8 Å². The lowest BCUT2D eigenvalue weighted by atomic mass is 9.97. The summed E-state index contributed by atoms with van der Waals surface area (Å²) in [5.74, 6) is 0.765. The molecule has 0 amide bonds. The molecule has 5 rings (SSSR count). The number of hydrogen-bond acceptors (Lipinski definition) is 7. The topological polar surface area (TPSA) is 94.9 Å². The number of hydrogen-bond donors (Lipinski definition) is 0. The van der Waals surface area contributed by atoms with Crippen molar-refractivity contribution < 1.29 is 23.7 Å². The number of nitrogens with zero attached hydrogens (tertiary/aromatic N) is 3. The predicted octanol–water partition coefficient (Wildman–Crippen LogP) is 5.89. The van der Waals surface area contributed by atoms with E-state index in [0.717, 1.165) is 21.8 Å². The molecule has 9 heteroatoms. The van der Waals surface area contributed by atoms with Gasteiger partial charge in [-0.2, -0.15) is 0 Å². The number of benzene rings is 3. The first kappa shape index (κ1) is 24.6. The van der Waals surface area contributed by atoms with E-state index in [1.54, 1.807) is 7.11 Å². The Morgan fingerprint density at radius 2 is 1.69 bits per heavy atom. The molecule has 2 aliphatic heterocycles. The zero-order valence-corrected chi connectivity index (χ0v) is 20.6. The van der Waals surface area contributed by atoms with Gasteiger partial charge in [-0.25, -0.2) is 0 Å². The second kappa shape index (κ2) is 11.8. The van der Waals surface area contributed by atoms with Crippen molar-refractivity contribution in [2.45, 2.75) is 47.6 Å². The first-order chi connectivity index (χ1) is 17.7. The number of methoxy groups -OCH3 is 1. The van der Waals surface area contributed by atoms with E-state index in [-0.39, 0.29) is 6.10 Å². The molecule has 2 heterocycles. The van der Waals surface area contributed by atoms with Gasteiger partial charge in [-0.15, -0.1) is 0 Å². The first-order valence-corrected chi connectivity index (χ1v) is 12.6. The van der Waals surface area contributed by atoms with Gasteiger partial charge in [0.2, 0.25) is 0 Å². The van der Waals surface area contributed by atoms with Crippen LogP contribution in [-0.2, 0) is 25.6 Å². The van der Waals surface area contributed by atoms with Gasteiger partial charge in [0.25, 0.3) is 0 Å². The Balaban J connectivity index is 1.42. The van der Waals surface area contributed by atoms with E-state index in [9.17, 15) is 5.53 Å². The van der Waals surface area contributed by atoms with E-state index in [0.29, 0.717) is 13.2 Å². The van der Waals surface area contributed by atoms with Gasteiger partial charge < -0.3 is 23.7 Å². The van der Waals surface area contributed by atoms with Crippen LogP contribution in [-0.4, -0.2) is 43.5 Å². The minimum Gasteiger partial charge on any atom is -0.497 e. The second-order valence-corrected chi connectivity index (χ2v) is 9.64. The predicted molar refractivity (Wildman–Crippen MR) is 135 cm³/mol. The average molecular weight is 506 g/mol. The Bertz CT molecular complexity index is 1160. The maximum Gasteiger partial charge on any atom is 0.184 e. The van der Waals surface area contributed by atoms with E-state index >= 15 is 0 Å². The Hall–Kier alpha value is -3.04. The summed E-state index contributed by atoms with van der Waals surface area (Å²) in [6, 6.07) is 26.7. The van der Waals surface area contributed by atoms with Crippen molar-refractivity contribution in [2.24, 2.45) is 5.11 Å². The van der Waals surface area contributed by atoms with E-state index in [1.165, 1.54) is 11.8 Å². The van der Waals surface area contributed by atoms with Crippen molar-refractivity contribution in [3.63, 3.8) is 0 Å². The molecule has 0 saturated carbocycles. The highest BCUT2D eigenvalue weighted by atomic mass is 32.2. The van der Waals surface area contributed by atoms with Crippen LogP contribution in [0.25, 0.3) is 10.4 Å². The van der Waals surface area contributed by atoms with Crippen LogP contribution in [0.15, 0.2) is 94.9 Å². The van der Waals surface area contributed by atoms with Crippen molar-refractivity contribution in [2.75, 3.05) is 13.7 Å². The summed E-state index contributed by atoms with van der Waals surface area (Å²) in [7, 11) is 1.63. The molecule has 3 aromatic carbocycles. The van der Waals surface area contributed by atoms with Crippen LogP contribution in [0.3, 0.4) is 0 Å². The van der Waals surface area contributed by atoms with Crippen LogP contribution in [0.4, 0.5) is 0 Å². The van der Waals surface area contributed by atoms with Crippen molar-refractivity contribution in [1.29, 1.82) is 0 Å². The lowest BCUT2D eigenvalue weighted by Gasteiger charge is -2.48. The van der Waals surface area contributed by atoms with Crippen LogP contribution < -0.4 is 4.74 Å². The third-order valence-electron chi connectivity index (χ3n) is 6.16. The van der Waals surface area contributed by atoms with Gasteiger partial charge in [0.1, 0.15) is 29.4 Å². The molecular formula is C27H27N3O5S. The van der Waals surface area contributed by atoms with Gasteiger partial charge in [0.05, 0.1) is 26.4 Å². The van der Waals surface area contributed by atoms with Crippen molar-refractivity contribution in [1.82, 2.24) is 0 Å². The number of thioether (sulfide) groups is 1. The molecule has 3 aromatic rings. The van der Waals surface area contributed by atoms with Crippen LogP contribution in [0, 0.1) is 0 Å². The molecule has 186 valence electrons. The van der Waals surface area contributed by atoms with Crippen molar-refractivity contribution in [3.05, 3.63) is 106 Å². The van der Waals surface area contributed by atoms with E-state index in [4.69, 9.17) is 23.7 Å². The third-order valence-corrected chi connectivity index (χ3v) is 7.33. The summed E-state index contributed by atoms with van der Waals surface area (Å²) >= 11 is 1.48. The summed E-state index contributed by atoms with van der Waals surface area (Å²) in [6.07, 6.45) is -1.95. The molecule has 0 aliphatic carbocycles. The molecule has 0 aromatic heterocycles. The quantitative estimate of drug-likeness (QED) is 0.215. The number of ether oxygens (including phenoxy) is 5. The standard InChI is InChI=1S/C27H27N3O5S/c1-31-20-12-14-21(15-13-20)36-27-23(29-30-28)25(32-16-18-8-4-2-5-9-18)24-22(34-27)17-33-26(35-24)19-10-6-3-7-11-19/h2-15,22-27H,16-17H2,1H3/t22-,23-,24-,25-,26?,27-/m1/s1. The zero-order valence-electron chi connectivity index (χ0n) is 19.8. The Labute approximate surface area is 214 Å². The van der Waals surface area contributed by atoms with Gasteiger partial charge in [-0.05, 0) is 35.4 Å². The SMILES string of the molecule is COc1ccc(S[C@H]2O[C@@H]3COC(c4ccccc4)O[C@H]3[C@H](OCc3ccccc3)[C@H]2N=[N+]=[N-])cc1. The molecule has 6 atom stereocenters. The lowest BCUT2D eigenvalue weighted by molar-refractivity contribution is -0.311. The highest BCUT2D eigenvalue weighted by Crippen LogP contribution is 2.41. The molecule has 1 unspecified atom stereocenters. The van der Waals surface area contributed by atoms with Crippen LogP contribution in [0.2, 0.25) is 0 Å². The Kier molecular flexibility index (Phi) is 8.08. The maximum atomic E-state index is 9.46. The van der Waals surface area contributed by atoms with Gasteiger partial charge in [-0.3, -0.25) is 0 Å². The fourth-order valence-electron chi connectivity index (χ4n) is 4.37. The van der Waals surface area contributed by atoms with Crippen LogP contribution in [0.1, 0.15) is 17.4 Å². The summed E-state index contributed by atoms with van der Waals surface area (Å²) in [5, 5.41) is 4.14. The summed E-state index contributed by atoms with van der Waals surface area (Å²) in [6.45, 7) is 0.685. The minimum absolute atomic E-state index is 0.331. The summed E-state index contributed by atoms with van der Waals surface area (Å²) in [5.41, 5.74) is 10.9. The molecule has 0 spiro atoms. The normalized spacial score (nSPS) is 27.5. The minimum atomic E-state index is -0.624. The largest absolute Gasteiger partial charge is 0.497 e.